The zero-order valence-electron chi connectivity index (χ0n) is 16.1. The first-order valence-electron chi connectivity index (χ1n) is 9.47. The summed E-state index contributed by atoms with van der Waals surface area (Å²) in [5, 5.41) is 10.6. The van der Waals surface area contributed by atoms with Gasteiger partial charge in [-0.1, -0.05) is 72.7 Å². The molecule has 0 aromatic heterocycles. The SMILES string of the molecule is C#C/C=C\C(=C/C)CN(Cc1ccccc1)CC(O)CCc1ccccc1. The van der Waals surface area contributed by atoms with Crippen LogP contribution in [0.3, 0.4) is 0 Å². The summed E-state index contributed by atoms with van der Waals surface area (Å²) in [6.45, 7) is 4.20. The minimum Gasteiger partial charge on any atom is -0.392 e. The number of nitrogens with zero attached hydrogens (tertiary/aromatic N) is 1. The van der Waals surface area contributed by atoms with E-state index in [2.05, 4.69) is 41.2 Å². The molecule has 0 spiro atoms. The maximum Gasteiger partial charge on any atom is 0.0670 e. The molecule has 0 aliphatic rings. The smallest absolute Gasteiger partial charge is 0.0670 e. The molecule has 0 saturated carbocycles. The molecule has 1 unspecified atom stereocenters. The number of aliphatic hydroxyl groups excluding tert-OH is 1. The Bertz CT molecular complexity index is 756. The van der Waals surface area contributed by atoms with Gasteiger partial charge in [0.2, 0.25) is 0 Å². The summed E-state index contributed by atoms with van der Waals surface area (Å²) in [5.74, 6) is 2.55. The van der Waals surface area contributed by atoms with Crippen LogP contribution in [0.5, 0.6) is 0 Å². The summed E-state index contributed by atoms with van der Waals surface area (Å²) in [7, 11) is 0. The van der Waals surface area contributed by atoms with Gasteiger partial charge in [-0.15, -0.1) is 6.42 Å². The van der Waals surface area contributed by atoms with E-state index in [4.69, 9.17) is 6.42 Å². The number of hydrogen-bond donors (Lipinski definition) is 1. The normalized spacial score (nSPS) is 13.0. The van der Waals surface area contributed by atoms with Crippen molar-refractivity contribution in [1.82, 2.24) is 4.90 Å². The second-order valence-electron chi connectivity index (χ2n) is 6.70. The van der Waals surface area contributed by atoms with Gasteiger partial charge in [0.1, 0.15) is 0 Å². The van der Waals surface area contributed by atoms with Crippen molar-refractivity contribution in [2.75, 3.05) is 13.1 Å². The van der Waals surface area contributed by atoms with Crippen molar-refractivity contribution in [2.45, 2.75) is 32.4 Å². The van der Waals surface area contributed by atoms with E-state index in [0.717, 1.165) is 31.5 Å². The standard InChI is InChI=1S/C25H29NO/c1-3-5-12-22(4-2)19-26(20-24-15-10-7-11-16-24)21-25(27)18-17-23-13-8-6-9-14-23/h1,4-16,25,27H,17-21H2,2H3/b12-5-,22-4+. The van der Waals surface area contributed by atoms with Gasteiger partial charge in [-0.3, -0.25) is 4.90 Å². The lowest BCUT2D eigenvalue weighted by Gasteiger charge is -2.26. The van der Waals surface area contributed by atoms with Gasteiger partial charge in [-0.25, -0.2) is 0 Å². The lowest BCUT2D eigenvalue weighted by molar-refractivity contribution is 0.107. The Balaban J connectivity index is 1.99. The fourth-order valence-electron chi connectivity index (χ4n) is 3.05. The van der Waals surface area contributed by atoms with Crippen molar-refractivity contribution in [2.24, 2.45) is 0 Å². The summed E-state index contributed by atoms with van der Waals surface area (Å²) in [6.07, 6.45) is 12.4. The van der Waals surface area contributed by atoms with Gasteiger partial charge in [-0.2, -0.15) is 0 Å². The van der Waals surface area contributed by atoms with E-state index in [1.54, 1.807) is 6.08 Å². The Kier molecular flexibility index (Phi) is 9.13. The zero-order valence-corrected chi connectivity index (χ0v) is 16.1. The molecule has 0 fully saturated rings. The van der Waals surface area contributed by atoms with Crippen LogP contribution in [-0.4, -0.2) is 29.2 Å². The van der Waals surface area contributed by atoms with Crippen molar-refractivity contribution in [3.05, 3.63) is 95.6 Å². The van der Waals surface area contributed by atoms with Gasteiger partial charge in [0, 0.05) is 19.6 Å². The minimum atomic E-state index is -0.372. The van der Waals surface area contributed by atoms with Crippen LogP contribution in [0.15, 0.2) is 84.5 Å². The molecule has 2 aromatic carbocycles. The summed E-state index contributed by atoms with van der Waals surface area (Å²) in [5.41, 5.74) is 3.65. The zero-order chi connectivity index (χ0) is 19.3. The van der Waals surface area contributed by atoms with Gasteiger partial charge < -0.3 is 5.11 Å². The van der Waals surface area contributed by atoms with E-state index in [0.29, 0.717) is 6.54 Å². The molecule has 0 amide bonds. The van der Waals surface area contributed by atoms with Crippen molar-refractivity contribution < 1.29 is 5.11 Å². The first kappa shape index (κ1) is 20.7. The van der Waals surface area contributed by atoms with Crippen LogP contribution < -0.4 is 0 Å². The highest BCUT2D eigenvalue weighted by atomic mass is 16.3. The second kappa shape index (κ2) is 11.9. The Hall–Kier alpha value is -2.60. The third-order valence-corrected chi connectivity index (χ3v) is 4.50. The summed E-state index contributed by atoms with van der Waals surface area (Å²) in [6, 6.07) is 20.7. The van der Waals surface area contributed by atoms with E-state index in [9.17, 15) is 5.11 Å². The van der Waals surface area contributed by atoms with Gasteiger partial charge >= 0.3 is 0 Å². The van der Waals surface area contributed by atoms with Gasteiger partial charge in [0.05, 0.1) is 6.10 Å². The van der Waals surface area contributed by atoms with Crippen LogP contribution in [0.4, 0.5) is 0 Å². The largest absolute Gasteiger partial charge is 0.392 e. The maximum absolute atomic E-state index is 10.6. The monoisotopic (exact) mass is 359 g/mol. The number of benzene rings is 2. The lowest BCUT2D eigenvalue weighted by Crippen LogP contribution is -2.33. The van der Waals surface area contributed by atoms with E-state index in [-0.39, 0.29) is 6.10 Å². The van der Waals surface area contributed by atoms with Crippen molar-refractivity contribution in [1.29, 1.82) is 0 Å². The van der Waals surface area contributed by atoms with Crippen LogP contribution in [0.1, 0.15) is 24.5 Å². The van der Waals surface area contributed by atoms with Gasteiger partial charge in [-0.05, 0) is 48.6 Å². The van der Waals surface area contributed by atoms with E-state index < -0.39 is 0 Å². The fourth-order valence-corrected chi connectivity index (χ4v) is 3.05. The molecule has 27 heavy (non-hydrogen) atoms. The average Bonchev–Trinajstić information content (AvgIpc) is 2.71. The van der Waals surface area contributed by atoms with Crippen LogP contribution >= 0.6 is 0 Å². The van der Waals surface area contributed by atoms with Crippen LogP contribution in [0.2, 0.25) is 0 Å². The first-order valence-corrected chi connectivity index (χ1v) is 9.47. The van der Waals surface area contributed by atoms with Crippen LogP contribution in [-0.2, 0) is 13.0 Å². The lowest BCUT2D eigenvalue weighted by atomic mass is 10.1. The van der Waals surface area contributed by atoms with Crippen molar-refractivity contribution in [3.63, 3.8) is 0 Å². The highest BCUT2D eigenvalue weighted by molar-refractivity contribution is 5.26. The number of aryl methyl sites for hydroxylation is 1. The molecule has 2 rings (SSSR count). The molecular formula is C25H29NO. The molecule has 0 aliphatic carbocycles. The number of rotatable bonds is 10. The molecule has 2 heteroatoms. The third kappa shape index (κ3) is 8.09. The Labute approximate surface area is 163 Å². The quantitative estimate of drug-likeness (QED) is 0.494. The first-order chi connectivity index (χ1) is 13.2. The molecule has 2 aromatic rings. The van der Waals surface area contributed by atoms with E-state index >= 15 is 0 Å². The van der Waals surface area contributed by atoms with Gasteiger partial charge in [0.15, 0.2) is 0 Å². The Morgan fingerprint density at radius 2 is 1.70 bits per heavy atom. The average molecular weight is 360 g/mol. The summed E-state index contributed by atoms with van der Waals surface area (Å²) < 4.78 is 0. The molecule has 1 N–H and O–H groups in total. The molecule has 0 bridgehead atoms. The molecule has 140 valence electrons. The number of aliphatic hydroxyl groups is 1. The van der Waals surface area contributed by atoms with Crippen molar-refractivity contribution >= 4 is 0 Å². The van der Waals surface area contributed by atoms with Crippen molar-refractivity contribution in [3.8, 4) is 12.3 Å². The molecule has 2 nitrogen and oxygen atoms in total. The topological polar surface area (TPSA) is 23.5 Å². The molecule has 0 radical (unpaired) electrons. The molecular weight excluding hydrogens is 330 g/mol. The number of allylic oxidation sites excluding steroid dienone is 2. The molecule has 0 heterocycles. The molecule has 0 aliphatic heterocycles. The van der Waals surface area contributed by atoms with Gasteiger partial charge in [0.25, 0.3) is 0 Å². The van der Waals surface area contributed by atoms with Crippen LogP contribution in [0.25, 0.3) is 0 Å². The van der Waals surface area contributed by atoms with E-state index in [1.807, 2.05) is 49.4 Å². The number of hydrogen-bond acceptors (Lipinski definition) is 2. The summed E-state index contributed by atoms with van der Waals surface area (Å²) in [4.78, 5) is 2.28. The number of terminal acetylenes is 1. The fraction of sp³-hybridized carbons (Fsp3) is 0.280. The predicted octanol–water partition coefficient (Wildman–Crippen LogP) is 4.62. The Morgan fingerprint density at radius 3 is 2.30 bits per heavy atom. The Morgan fingerprint density at radius 1 is 1.07 bits per heavy atom. The predicted molar refractivity (Wildman–Crippen MR) is 114 cm³/mol. The minimum absolute atomic E-state index is 0.372. The maximum atomic E-state index is 10.6. The van der Waals surface area contributed by atoms with E-state index in [1.165, 1.54) is 11.1 Å². The summed E-state index contributed by atoms with van der Waals surface area (Å²) >= 11 is 0. The highest BCUT2D eigenvalue weighted by Crippen LogP contribution is 2.12. The molecule has 0 saturated heterocycles. The highest BCUT2D eigenvalue weighted by Gasteiger charge is 2.13. The second-order valence-corrected chi connectivity index (χ2v) is 6.70. The van der Waals surface area contributed by atoms with Crippen LogP contribution in [0, 0.1) is 12.3 Å². The molecule has 1 atom stereocenters. The third-order valence-electron chi connectivity index (χ3n) is 4.50.